The van der Waals surface area contributed by atoms with Gasteiger partial charge in [-0.3, -0.25) is 9.69 Å². The molecule has 5 heteroatoms. The molecule has 1 aliphatic carbocycles. The zero-order chi connectivity index (χ0) is 17.2. The van der Waals surface area contributed by atoms with Crippen LogP contribution in [0, 0.1) is 5.82 Å². The van der Waals surface area contributed by atoms with Crippen LogP contribution < -0.4 is 10.1 Å². The first-order chi connectivity index (χ1) is 11.6. The van der Waals surface area contributed by atoms with E-state index in [2.05, 4.69) is 5.32 Å². The Kier molecular flexibility index (Phi) is 8.02. The molecule has 2 rings (SSSR count). The van der Waals surface area contributed by atoms with E-state index in [1.165, 1.54) is 38.2 Å². The van der Waals surface area contributed by atoms with Crippen LogP contribution >= 0.6 is 0 Å². The smallest absolute Gasteiger partial charge is 0.234 e. The summed E-state index contributed by atoms with van der Waals surface area (Å²) in [4.78, 5) is 14.1. The highest BCUT2D eigenvalue weighted by Crippen LogP contribution is 2.17. The number of nitrogens with one attached hydrogen (secondary N) is 1. The summed E-state index contributed by atoms with van der Waals surface area (Å²) in [6, 6.07) is 6.68. The van der Waals surface area contributed by atoms with Crippen LogP contribution in [0.3, 0.4) is 0 Å². The third kappa shape index (κ3) is 6.87. The van der Waals surface area contributed by atoms with Crippen molar-refractivity contribution in [3.05, 3.63) is 30.1 Å². The Labute approximate surface area is 144 Å². The van der Waals surface area contributed by atoms with E-state index < -0.39 is 0 Å². The lowest BCUT2D eigenvalue weighted by molar-refractivity contribution is -0.122. The van der Waals surface area contributed by atoms with E-state index in [-0.39, 0.29) is 17.5 Å². The van der Waals surface area contributed by atoms with Gasteiger partial charge in [-0.25, -0.2) is 4.39 Å². The van der Waals surface area contributed by atoms with Gasteiger partial charge in [-0.15, -0.1) is 0 Å². The molecule has 24 heavy (non-hydrogen) atoms. The molecule has 0 aromatic heterocycles. The summed E-state index contributed by atoms with van der Waals surface area (Å²) in [7, 11) is 1.88. The van der Waals surface area contributed by atoms with Crippen molar-refractivity contribution in [2.75, 3.05) is 26.7 Å². The summed E-state index contributed by atoms with van der Waals surface area (Å²) in [5.41, 5.74) is 0. The predicted molar refractivity (Wildman–Crippen MR) is 93.6 cm³/mol. The molecule has 0 spiro atoms. The summed E-state index contributed by atoms with van der Waals surface area (Å²) < 4.78 is 18.9. The second kappa shape index (κ2) is 10.3. The van der Waals surface area contributed by atoms with Gasteiger partial charge in [0.1, 0.15) is 6.61 Å². The van der Waals surface area contributed by atoms with Gasteiger partial charge in [-0.2, -0.15) is 0 Å². The summed E-state index contributed by atoms with van der Waals surface area (Å²) in [5.74, 6) is -0.0407. The number of halogens is 1. The fraction of sp³-hybridized carbons (Fsp3) is 0.632. The number of benzene rings is 1. The number of hydrogen-bond acceptors (Lipinski definition) is 3. The van der Waals surface area contributed by atoms with Crippen molar-refractivity contribution in [3.8, 4) is 5.75 Å². The lowest BCUT2D eigenvalue weighted by atomic mass is 9.97. The highest BCUT2D eigenvalue weighted by Gasteiger charge is 2.15. The van der Waals surface area contributed by atoms with Gasteiger partial charge < -0.3 is 10.1 Å². The Morgan fingerprint density at radius 1 is 1.21 bits per heavy atom. The number of carbonyl (C=O) groups excluding carboxylic acids is 1. The van der Waals surface area contributed by atoms with E-state index in [9.17, 15) is 9.18 Å². The number of para-hydroxylation sites is 1. The number of hydrogen-bond donors (Lipinski definition) is 1. The minimum absolute atomic E-state index is 0.0639. The molecular formula is C19H29FN2O2. The molecule has 1 aromatic carbocycles. The largest absolute Gasteiger partial charge is 0.489 e. The van der Waals surface area contributed by atoms with Crippen molar-refractivity contribution in [1.82, 2.24) is 10.2 Å². The molecule has 1 amide bonds. The predicted octanol–water partition coefficient (Wildman–Crippen LogP) is 3.37. The van der Waals surface area contributed by atoms with Crippen LogP contribution in [0.5, 0.6) is 5.75 Å². The number of amides is 1. The fourth-order valence-electron chi connectivity index (χ4n) is 3.07. The van der Waals surface area contributed by atoms with Gasteiger partial charge in [-0.1, -0.05) is 44.2 Å². The van der Waals surface area contributed by atoms with Crippen molar-refractivity contribution < 1.29 is 13.9 Å². The molecule has 0 unspecified atom stereocenters. The Hall–Kier alpha value is -1.62. The molecule has 1 aliphatic rings. The molecular weight excluding hydrogens is 307 g/mol. The quantitative estimate of drug-likeness (QED) is 0.830. The van der Waals surface area contributed by atoms with Gasteiger partial charge in [-0.05, 0) is 32.0 Å². The molecule has 1 aromatic rings. The Morgan fingerprint density at radius 2 is 1.88 bits per heavy atom. The van der Waals surface area contributed by atoms with Crippen molar-refractivity contribution >= 4 is 5.91 Å². The first-order valence-electron chi connectivity index (χ1n) is 9.00. The third-order valence-corrected chi connectivity index (χ3v) is 4.45. The van der Waals surface area contributed by atoms with E-state index in [0.717, 1.165) is 12.8 Å². The molecule has 0 heterocycles. The third-order valence-electron chi connectivity index (χ3n) is 4.45. The van der Waals surface area contributed by atoms with Crippen LogP contribution in [0.4, 0.5) is 4.39 Å². The molecule has 1 fully saturated rings. The average molecular weight is 336 g/mol. The SMILES string of the molecule is CN(CCOc1ccccc1F)CC(=O)NC1CCCCCCC1. The van der Waals surface area contributed by atoms with Crippen LogP contribution in [0.25, 0.3) is 0 Å². The molecule has 1 saturated carbocycles. The first kappa shape index (κ1) is 18.7. The zero-order valence-electron chi connectivity index (χ0n) is 14.6. The summed E-state index contributed by atoms with van der Waals surface area (Å²) in [5, 5.41) is 3.15. The molecule has 4 nitrogen and oxygen atoms in total. The fourth-order valence-corrected chi connectivity index (χ4v) is 3.07. The van der Waals surface area contributed by atoms with Crippen LogP contribution in [-0.2, 0) is 4.79 Å². The number of rotatable bonds is 7. The van der Waals surface area contributed by atoms with Crippen molar-refractivity contribution in [3.63, 3.8) is 0 Å². The number of likely N-dealkylation sites (N-methyl/N-ethyl adjacent to an activating group) is 1. The van der Waals surface area contributed by atoms with E-state index in [0.29, 0.717) is 25.7 Å². The second-order valence-electron chi connectivity index (χ2n) is 6.63. The van der Waals surface area contributed by atoms with Gasteiger partial charge >= 0.3 is 0 Å². The van der Waals surface area contributed by atoms with Gasteiger partial charge in [0.2, 0.25) is 5.91 Å². The standard InChI is InChI=1S/C19H29FN2O2/c1-22(13-14-24-18-12-8-7-11-17(18)20)15-19(23)21-16-9-5-3-2-4-6-10-16/h7-8,11-12,16H,2-6,9-10,13-15H2,1H3,(H,21,23). The molecule has 0 bridgehead atoms. The van der Waals surface area contributed by atoms with E-state index in [4.69, 9.17) is 4.74 Å². The molecule has 0 saturated heterocycles. The maximum Gasteiger partial charge on any atom is 0.234 e. The normalized spacial score (nSPS) is 16.5. The molecule has 134 valence electrons. The van der Waals surface area contributed by atoms with Gasteiger partial charge in [0, 0.05) is 12.6 Å². The van der Waals surface area contributed by atoms with Crippen LogP contribution in [-0.4, -0.2) is 43.6 Å². The van der Waals surface area contributed by atoms with Crippen LogP contribution in [0.15, 0.2) is 24.3 Å². The monoisotopic (exact) mass is 336 g/mol. The molecule has 0 radical (unpaired) electrons. The van der Waals surface area contributed by atoms with Gasteiger partial charge in [0.05, 0.1) is 6.54 Å². The Bertz CT molecular complexity index is 502. The summed E-state index contributed by atoms with van der Waals surface area (Å²) >= 11 is 0. The summed E-state index contributed by atoms with van der Waals surface area (Å²) in [6.07, 6.45) is 8.47. The van der Waals surface area contributed by atoms with Gasteiger partial charge in [0.25, 0.3) is 0 Å². The zero-order valence-corrected chi connectivity index (χ0v) is 14.6. The second-order valence-corrected chi connectivity index (χ2v) is 6.63. The maximum atomic E-state index is 13.4. The highest BCUT2D eigenvalue weighted by atomic mass is 19.1. The first-order valence-corrected chi connectivity index (χ1v) is 9.00. The minimum Gasteiger partial charge on any atom is -0.489 e. The minimum atomic E-state index is -0.359. The number of nitrogens with zero attached hydrogens (tertiary/aromatic N) is 1. The average Bonchev–Trinajstić information content (AvgIpc) is 2.51. The van der Waals surface area contributed by atoms with Crippen LogP contribution in [0.1, 0.15) is 44.9 Å². The van der Waals surface area contributed by atoms with E-state index in [1.54, 1.807) is 18.2 Å². The maximum absolute atomic E-state index is 13.4. The van der Waals surface area contributed by atoms with E-state index in [1.807, 2.05) is 11.9 Å². The van der Waals surface area contributed by atoms with Crippen LogP contribution in [0.2, 0.25) is 0 Å². The highest BCUT2D eigenvalue weighted by molar-refractivity contribution is 5.78. The molecule has 0 aliphatic heterocycles. The van der Waals surface area contributed by atoms with Crippen molar-refractivity contribution in [2.24, 2.45) is 0 Å². The number of ether oxygens (including phenoxy) is 1. The Morgan fingerprint density at radius 3 is 2.58 bits per heavy atom. The Balaban J connectivity index is 1.64. The molecule has 1 N–H and O–H groups in total. The summed E-state index contributed by atoms with van der Waals surface area (Å²) in [6.45, 7) is 1.28. The lowest BCUT2D eigenvalue weighted by Crippen LogP contribution is -2.42. The number of carbonyl (C=O) groups is 1. The van der Waals surface area contributed by atoms with E-state index >= 15 is 0 Å². The molecule has 0 atom stereocenters. The topological polar surface area (TPSA) is 41.6 Å². The van der Waals surface area contributed by atoms with Gasteiger partial charge in [0.15, 0.2) is 11.6 Å². The van der Waals surface area contributed by atoms with Crippen molar-refractivity contribution in [2.45, 2.75) is 51.0 Å². The lowest BCUT2D eigenvalue weighted by Gasteiger charge is -2.23. The van der Waals surface area contributed by atoms with Crippen molar-refractivity contribution in [1.29, 1.82) is 0 Å².